The van der Waals surface area contributed by atoms with E-state index in [0.717, 1.165) is 37.7 Å². The molecule has 5 rings (SSSR count). The Hall–Kier alpha value is -4.73. The van der Waals surface area contributed by atoms with Crippen molar-refractivity contribution in [3.63, 3.8) is 0 Å². The van der Waals surface area contributed by atoms with Crippen LogP contribution in [0.2, 0.25) is 0 Å². The van der Waals surface area contributed by atoms with E-state index in [0.29, 0.717) is 24.0 Å². The molecule has 0 bridgehead atoms. The van der Waals surface area contributed by atoms with Crippen molar-refractivity contribution in [2.45, 2.75) is 88.3 Å². The van der Waals surface area contributed by atoms with Gasteiger partial charge < -0.3 is 35.0 Å². The van der Waals surface area contributed by atoms with Crippen LogP contribution in [0.5, 0.6) is 34.5 Å². The molecule has 0 spiro atoms. The first-order valence-electron chi connectivity index (χ1n) is 17.0. The summed E-state index contributed by atoms with van der Waals surface area (Å²) < 4.78 is 11.2. The van der Waals surface area contributed by atoms with Crippen LogP contribution >= 0.6 is 0 Å². The molecule has 7 N–H and O–H groups in total. The first kappa shape index (κ1) is 35.6. The number of carbonyl (C=O) groups is 1. The third-order valence-electron chi connectivity index (χ3n) is 9.66. The topological polar surface area (TPSA) is 163 Å². The zero-order chi connectivity index (χ0) is 34.8. The number of benzene rings is 4. The Morgan fingerprint density at radius 2 is 1.57 bits per heavy atom. The predicted octanol–water partition coefficient (Wildman–Crippen LogP) is 7.10. The van der Waals surface area contributed by atoms with Crippen LogP contribution in [-0.4, -0.2) is 44.2 Å². The van der Waals surface area contributed by atoms with Gasteiger partial charge in [-0.25, -0.2) is 0 Å². The Morgan fingerprint density at radius 1 is 0.796 bits per heavy atom. The fourth-order valence-electron chi connectivity index (χ4n) is 7.19. The molecule has 4 aromatic rings. The number of ether oxygens (including phenoxy) is 2. The van der Waals surface area contributed by atoms with E-state index in [4.69, 9.17) is 15.2 Å². The number of phenolic OH excluding ortho intramolecular Hbond substituents is 4. The molecular weight excluding hydrogens is 622 g/mol. The van der Waals surface area contributed by atoms with Gasteiger partial charge >= 0.3 is 0 Å². The molecule has 260 valence electrons. The zero-order valence-corrected chi connectivity index (χ0v) is 27.8. The van der Waals surface area contributed by atoms with E-state index in [1.165, 1.54) is 17.7 Å². The third kappa shape index (κ3) is 9.46. The molecule has 0 saturated heterocycles. The number of phenols is 4. The largest absolute Gasteiger partial charge is 0.508 e. The molecule has 9 nitrogen and oxygen atoms in total. The van der Waals surface area contributed by atoms with E-state index in [1.807, 2.05) is 18.2 Å². The minimum Gasteiger partial charge on any atom is -0.508 e. The molecule has 0 aromatic heterocycles. The molecule has 1 fully saturated rings. The Kier molecular flexibility index (Phi) is 12.0. The summed E-state index contributed by atoms with van der Waals surface area (Å²) in [5.74, 6) is -0.667. The van der Waals surface area contributed by atoms with E-state index >= 15 is 0 Å². The lowest BCUT2D eigenvalue weighted by Gasteiger charge is -2.41. The highest BCUT2D eigenvalue weighted by atomic mass is 16.5. The molecule has 0 amide bonds. The van der Waals surface area contributed by atoms with Gasteiger partial charge in [0, 0.05) is 12.8 Å². The number of nitrogens with two attached hydrogens (primary N) is 1. The first-order valence-corrected chi connectivity index (χ1v) is 17.0. The number of carbonyl (C=O) groups excluding carboxylic acids is 1. The summed E-state index contributed by atoms with van der Waals surface area (Å²) in [6.07, 6.45) is 5.86. The van der Waals surface area contributed by atoms with E-state index in [9.17, 15) is 30.3 Å². The summed E-state index contributed by atoms with van der Waals surface area (Å²) in [7, 11) is 0. The van der Waals surface area contributed by atoms with Crippen molar-refractivity contribution in [3.05, 3.63) is 107 Å². The van der Waals surface area contributed by atoms with Crippen molar-refractivity contribution in [2.24, 2.45) is 5.73 Å². The van der Waals surface area contributed by atoms with E-state index in [-0.39, 0.29) is 84.2 Å². The molecule has 0 aliphatic heterocycles. The van der Waals surface area contributed by atoms with Crippen molar-refractivity contribution in [3.8, 4) is 34.5 Å². The summed E-state index contributed by atoms with van der Waals surface area (Å²) in [5, 5.41) is 52.9. The van der Waals surface area contributed by atoms with E-state index in [1.54, 1.807) is 42.5 Å². The number of aliphatic hydroxyl groups excluding tert-OH is 1. The van der Waals surface area contributed by atoms with Crippen molar-refractivity contribution in [2.75, 3.05) is 6.73 Å². The molecule has 0 radical (unpaired) electrons. The van der Waals surface area contributed by atoms with Gasteiger partial charge in [-0.3, -0.25) is 10.5 Å². The van der Waals surface area contributed by atoms with Crippen LogP contribution in [0.15, 0.2) is 84.9 Å². The Balaban J connectivity index is 1.37. The van der Waals surface area contributed by atoms with Crippen molar-refractivity contribution in [1.82, 2.24) is 0 Å². The lowest BCUT2D eigenvalue weighted by molar-refractivity contribution is -0.121. The number of aromatic hydroxyl groups is 4. The molecule has 1 aliphatic rings. The second-order valence-electron chi connectivity index (χ2n) is 13.2. The highest BCUT2D eigenvalue weighted by Gasteiger charge is 2.37. The van der Waals surface area contributed by atoms with Crippen LogP contribution in [0.1, 0.15) is 86.0 Å². The highest BCUT2D eigenvalue weighted by molar-refractivity contribution is 5.79. The van der Waals surface area contributed by atoms with Gasteiger partial charge in [0.25, 0.3) is 0 Å². The first-order chi connectivity index (χ1) is 23.7. The minimum absolute atomic E-state index is 0.0265. The maximum Gasteiger partial charge on any atom is 0.200 e. The smallest absolute Gasteiger partial charge is 0.200 e. The molecule has 2 atom stereocenters. The summed E-state index contributed by atoms with van der Waals surface area (Å²) in [6, 6.07) is 25.2. The van der Waals surface area contributed by atoms with E-state index < -0.39 is 6.10 Å². The Morgan fingerprint density at radius 3 is 2.31 bits per heavy atom. The molecular formula is C40H47NO8. The number of aliphatic hydroxyl groups is 1. The average molecular weight is 670 g/mol. The highest BCUT2D eigenvalue weighted by Crippen LogP contribution is 2.49. The van der Waals surface area contributed by atoms with Crippen LogP contribution in [0, 0.1) is 0 Å². The molecule has 4 aromatic carbocycles. The second kappa shape index (κ2) is 16.6. The lowest BCUT2D eigenvalue weighted by Crippen LogP contribution is -2.32. The molecule has 1 saturated carbocycles. The third-order valence-corrected chi connectivity index (χ3v) is 9.66. The van der Waals surface area contributed by atoms with Crippen LogP contribution in [0.25, 0.3) is 0 Å². The Bertz CT molecular complexity index is 1690. The zero-order valence-electron chi connectivity index (χ0n) is 27.8. The lowest BCUT2D eigenvalue weighted by atomic mass is 9.63. The molecule has 2 unspecified atom stereocenters. The van der Waals surface area contributed by atoms with Crippen LogP contribution in [0.3, 0.4) is 0 Å². The van der Waals surface area contributed by atoms with Gasteiger partial charge in [-0.05, 0) is 102 Å². The maximum absolute atomic E-state index is 13.1. The van der Waals surface area contributed by atoms with Gasteiger partial charge in [-0.2, -0.15) is 0 Å². The number of hydrogen-bond donors (Lipinski definition) is 6. The fraction of sp³-hybridized carbons (Fsp3) is 0.375. The van der Waals surface area contributed by atoms with Crippen LogP contribution < -0.4 is 15.2 Å². The number of ketones is 1. The fourth-order valence-corrected chi connectivity index (χ4v) is 7.19. The van der Waals surface area contributed by atoms with Gasteiger partial charge in [0.15, 0.2) is 23.0 Å². The monoisotopic (exact) mass is 669 g/mol. The van der Waals surface area contributed by atoms with Crippen LogP contribution in [0.4, 0.5) is 0 Å². The van der Waals surface area contributed by atoms with Gasteiger partial charge in [0.05, 0.1) is 6.10 Å². The predicted molar refractivity (Wildman–Crippen MR) is 187 cm³/mol. The maximum atomic E-state index is 13.1. The number of Topliss-reactive ketones (excluding diaryl/α,β-unsaturated/α-hetero) is 1. The van der Waals surface area contributed by atoms with Gasteiger partial charge in [-0.1, -0.05) is 67.8 Å². The quantitative estimate of drug-likeness (QED) is 0.0540. The number of aryl methyl sites for hydroxylation is 1. The standard InChI is InChI=1S/C40H47NO8/c41-26-49-37-19-27(13-15-35(37)45)12-14-33(43)23-34(44)20-30(24-40(16-5-2-6-17-40)31-9-3-1-4-10-31)29-21-36(46)39(47)38(22-29)48-25-28-8-7-11-32(42)18-28/h1,3-4,7-11,13,15,18-19,21-22,30,34,42,44-47H,2,5-6,12,14,16-17,20,23-26,41H2. The van der Waals surface area contributed by atoms with E-state index in [2.05, 4.69) is 12.1 Å². The molecule has 0 heterocycles. The average Bonchev–Trinajstić information content (AvgIpc) is 3.10. The number of rotatable bonds is 16. The molecule has 49 heavy (non-hydrogen) atoms. The van der Waals surface area contributed by atoms with Gasteiger partial charge in [0.2, 0.25) is 5.75 Å². The van der Waals surface area contributed by atoms with Gasteiger partial charge in [-0.15, -0.1) is 0 Å². The molecule has 1 aliphatic carbocycles. The van der Waals surface area contributed by atoms with Crippen molar-refractivity contribution >= 4 is 5.78 Å². The Labute approximate surface area is 287 Å². The van der Waals surface area contributed by atoms with Gasteiger partial charge in [0.1, 0.15) is 24.9 Å². The van der Waals surface area contributed by atoms with Crippen molar-refractivity contribution < 1.29 is 39.8 Å². The molecule has 9 heteroatoms. The summed E-state index contributed by atoms with van der Waals surface area (Å²) in [5.41, 5.74) is 8.72. The number of hydrogen-bond acceptors (Lipinski definition) is 9. The normalized spacial score (nSPS) is 15.3. The SMILES string of the molecule is NCOc1cc(CCC(=O)CC(O)CC(CC2(c3ccccc3)CCCCC2)c2cc(O)c(O)c(OCc3cccc(O)c3)c2)ccc1O. The minimum atomic E-state index is -0.947. The summed E-state index contributed by atoms with van der Waals surface area (Å²) in [4.78, 5) is 13.1. The van der Waals surface area contributed by atoms with Crippen molar-refractivity contribution in [1.29, 1.82) is 0 Å². The summed E-state index contributed by atoms with van der Waals surface area (Å²) in [6.45, 7) is -0.0274. The second-order valence-corrected chi connectivity index (χ2v) is 13.2. The summed E-state index contributed by atoms with van der Waals surface area (Å²) >= 11 is 0. The van der Waals surface area contributed by atoms with Crippen LogP contribution in [-0.2, 0) is 23.2 Å².